The van der Waals surface area contributed by atoms with E-state index >= 15 is 0 Å². The summed E-state index contributed by atoms with van der Waals surface area (Å²) in [6.45, 7) is 0. The van der Waals surface area contributed by atoms with Crippen molar-refractivity contribution in [2.45, 2.75) is 31.1 Å². The lowest BCUT2D eigenvalue weighted by Gasteiger charge is -2.23. The second kappa shape index (κ2) is 7.81. The Morgan fingerprint density at radius 1 is 0.821 bits per heavy atom. The van der Waals surface area contributed by atoms with Crippen LogP contribution in [0.1, 0.15) is 41.6 Å². The van der Waals surface area contributed by atoms with Gasteiger partial charge >= 0.3 is 0 Å². The molecule has 0 unspecified atom stereocenters. The fraction of sp³-hybridized carbons (Fsp3) is 0.200. The number of hydrogen-bond acceptors (Lipinski definition) is 2. The highest BCUT2D eigenvalue weighted by atomic mass is 16.1. The highest BCUT2D eigenvalue weighted by molar-refractivity contribution is 6.05. The molecule has 0 aliphatic heterocycles. The van der Waals surface area contributed by atoms with Gasteiger partial charge in [-0.2, -0.15) is 0 Å². The van der Waals surface area contributed by atoms with Gasteiger partial charge in [0, 0.05) is 11.3 Å². The Morgan fingerprint density at radius 2 is 1.54 bits per heavy atom. The van der Waals surface area contributed by atoms with Crippen molar-refractivity contribution in [2.24, 2.45) is 0 Å². The van der Waals surface area contributed by atoms with Gasteiger partial charge in [-0.1, -0.05) is 67.4 Å². The molecule has 1 amide bonds. The maximum atomic E-state index is 12.8. The molecule has 1 fully saturated rings. The predicted molar refractivity (Wildman–Crippen MR) is 112 cm³/mol. The lowest BCUT2D eigenvalue weighted by atomic mass is 9.80. The van der Waals surface area contributed by atoms with E-state index in [0.717, 1.165) is 54.3 Å². The van der Waals surface area contributed by atoms with Gasteiger partial charge < -0.3 is 10.1 Å². The van der Waals surface area contributed by atoms with Crippen molar-refractivity contribution >= 4 is 17.9 Å². The monoisotopic (exact) mass is 369 g/mol. The summed E-state index contributed by atoms with van der Waals surface area (Å²) >= 11 is 0. The molecule has 0 radical (unpaired) electrons. The van der Waals surface area contributed by atoms with Crippen LogP contribution >= 0.6 is 0 Å². The van der Waals surface area contributed by atoms with Crippen LogP contribution in [0.2, 0.25) is 0 Å². The van der Waals surface area contributed by atoms with Gasteiger partial charge in [-0.25, -0.2) is 0 Å². The Morgan fingerprint density at radius 3 is 2.29 bits per heavy atom. The number of anilines is 1. The highest BCUT2D eigenvalue weighted by Crippen LogP contribution is 2.40. The molecule has 1 N–H and O–H groups in total. The molecule has 3 aromatic carbocycles. The van der Waals surface area contributed by atoms with Crippen molar-refractivity contribution in [3.63, 3.8) is 0 Å². The summed E-state index contributed by atoms with van der Waals surface area (Å²) < 4.78 is 0. The van der Waals surface area contributed by atoms with Crippen LogP contribution in [0.15, 0.2) is 78.9 Å². The predicted octanol–water partition coefficient (Wildman–Crippen LogP) is 5.62. The molecule has 140 valence electrons. The van der Waals surface area contributed by atoms with E-state index in [9.17, 15) is 9.59 Å². The summed E-state index contributed by atoms with van der Waals surface area (Å²) in [6.07, 6.45) is 4.99. The van der Waals surface area contributed by atoms with E-state index in [1.807, 2.05) is 78.9 Å². The largest absolute Gasteiger partial charge is 0.322 e. The first kappa shape index (κ1) is 18.2. The molecule has 1 saturated carbocycles. The second-order valence-corrected chi connectivity index (χ2v) is 7.46. The Kier molecular flexibility index (Phi) is 5.07. The maximum absolute atomic E-state index is 12.8. The Labute approximate surface area is 165 Å². The van der Waals surface area contributed by atoms with Crippen LogP contribution in [0.4, 0.5) is 5.69 Å². The second-order valence-electron chi connectivity index (χ2n) is 7.46. The number of carbonyl (C=O) groups is 2. The van der Waals surface area contributed by atoms with Crippen LogP contribution in [0, 0.1) is 0 Å². The molecule has 0 saturated heterocycles. The van der Waals surface area contributed by atoms with Crippen molar-refractivity contribution in [1.82, 2.24) is 0 Å². The topological polar surface area (TPSA) is 46.2 Å². The summed E-state index contributed by atoms with van der Waals surface area (Å²) in [6, 6.07) is 25.3. The molecule has 0 aromatic heterocycles. The zero-order chi connectivity index (χ0) is 19.4. The van der Waals surface area contributed by atoms with Crippen molar-refractivity contribution in [3.8, 4) is 11.1 Å². The normalized spacial score (nSPS) is 15.1. The SMILES string of the molecule is O=CC1(c2cccc(NC(=O)c3cccc(-c4ccccc4)c3)c2)CCCC1. The van der Waals surface area contributed by atoms with Gasteiger partial charge in [-0.3, -0.25) is 4.79 Å². The van der Waals surface area contributed by atoms with Crippen molar-refractivity contribution in [3.05, 3.63) is 90.0 Å². The first-order chi connectivity index (χ1) is 13.7. The number of hydrogen-bond donors (Lipinski definition) is 1. The number of carbonyl (C=O) groups excluding carboxylic acids is 2. The third-order valence-electron chi connectivity index (χ3n) is 5.65. The molecular weight excluding hydrogens is 346 g/mol. The molecule has 3 heteroatoms. The van der Waals surface area contributed by atoms with E-state index in [0.29, 0.717) is 5.56 Å². The van der Waals surface area contributed by atoms with Crippen molar-refractivity contribution in [1.29, 1.82) is 0 Å². The Bertz CT molecular complexity index is 988. The number of amides is 1. The zero-order valence-electron chi connectivity index (χ0n) is 15.7. The minimum absolute atomic E-state index is 0.151. The summed E-state index contributed by atoms with van der Waals surface area (Å²) in [5, 5.41) is 2.99. The molecule has 0 spiro atoms. The number of aldehydes is 1. The molecule has 0 bridgehead atoms. The summed E-state index contributed by atoms with van der Waals surface area (Å²) in [5.41, 5.74) is 4.02. The van der Waals surface area contributed by atoms with E-state index in [-0.39, 0.29) is 5.91 Å². The van der Waals surface area contributed by atoms with Crippen LogP contribution in [0.25, 0.3) is 11.1 Å². The number of rotatable bonds is 5. The lowest BCUT2D eigenvalue weighted by molar-refractivity contribution is -0.112. The first-order valence-corrected chi connectivity index (χ1v) is 9.74. The number of benzene rings is 3. The van der Waals surface area contributed by atoms with Crippen LogP contribution in [0.3, 0.4) is 0 Å². The summed E-state index contributed by atoms with van der Waals surface area (Å²) in [5.74, 6) is -0.151. The number of nitrogens with one attached hydrogen (secondary N) is 1. The Balaban J connectivity index is 1.56. The highest BCUT2D eigenvalue weighted by Gasteiger charge is 2.35. The van der Waals surface area contributed by atoms with E-state index in [1.54, 1.807) is 0 Å². The molecule has 4 rings (SSSR count). The van der Waals surface area contributed by atoms with Gasteiger partial charge in [0.1, 0.15) is 6.29 Å². The molecule has 1 aliphatic rings. The third-order valence-corrected chi connectivity index (χ3v) is 5.65. The van der Waals surface area contributed by atoms with Crippen LogP contribution in [-0.4, -0.2) is 12.2 Å². The van der Waals surface area contributed by atoms with E-state index in [4.69, 9.17) is 0 Å². The Hall–Kier alpha value is -3.20. The smallest absolute Gasteiger partial charge is 0.255 e. The van der Waals surface area contributed by atoms with Gasteiger partial charge in [0.05, 0.1) is 5.41 Å². The van der Waals surface area contributed by atoms with Gasteiger partial charge in [-0.15, -0.1) is 0 Å². The third kappa shape index (κ3) is 3.61. The van der Waals surface area contributed by atoms with Gasteiger partial charge in [0.25, 0.3) is 5.91 Å². The molecule has 0 heterocycles. The van der Waals surface area contributed by atoms with Crippen molar-refractivity contribution < 1.29 is 9.59 Å². The summed E-state index contributed by atoms with van der Waals surface area (Å²) in [4.78, 5) is 24.6. The molecule has 3 aromatic rings. The fourth-order valence-corrected chi connectivity index (χ4v) is 4.06. The molecule has 1 aliphatic carbocycles. The minimum atomic E-state index is -0.395. The van der Waals surface area contributed by atoms with E-state index in [2.05, 4.69) is 5.32 Å². The summed E-state index contributed by atoms with van der Waals surface area (Å²) in [7, 11) is 0. The van der Waals surface area contributed by atoms with Gasteiger partial charge in [0.2, 0.25) is 0 Å². The van der Waals surface area contributed by atoms with Crippen LogP contribution < -0.4 is 5.32 Å². The van der Waals surface area contributed by atoms with Crippen LogP contribution in [0.5, 0.6) is 0 Å². The van der Waals surface area contributed by atoms with E-state index < -0.39 is 5.41 Å². The molecule has 0 atom stereocenters. The maximum Gasteiger partial charge on any atom is 0.255 e. The fourth-order valence-electron chi connectivity index (χ4n) is 4.06. The first-order valence-electron chi connectivity index (χ1n) is 9.74. The molecular formula is C25H23NO2. The quantitative estimate of drug-likeness (QED) is 0.594. The molecule has 3 nitrogen and oxygen atoms in total. The lowest BCUT2D eigenvalue weighted by Crippen LogP contribution is -2.24. The average molecular weight is 369 g/mol. The van der Waals surface area contributed by atoms with Gasteiger partial charge in [-0.05, 0) is 53.8 Å². The standard InChI is InChI=1S/C25H23NO2/c27-18-25(14-4-5-15-25)22-12-7-13-23(17-22)26-24(28)21-11-6-10-20(16-21)19-8-2-1-3-9-19/h1-3,6-13,16-18H,4-5,14-15H2,(H,26,28). The zero-order valence-corrected chi connectivity index (χ0v) is 15.7. The van der Waals surface area contributed by atoms with E-state index in [1.165, 1.54) is 0 Å². The van der Waals surface area contributed by atoms with Gasteiger partial charge in [0.15, 0.2) is 0 Å². The molecule has 28 heavy (non-hydrogen) atoms. The minimum Gasteiger partial charge on any atom is -0.322 e. The van der Waals surface area contributed by atoms with Crippen molar-refractivity contribution in [2.75, 3.05) is 5.32 Å². The van der Waals surface area contributed by atoms with Crippen LogP contribution in [-0.2, 0) is 10.2 Å². The average Bonchev–Trinajstić information content (AvgIpc) is 3.25.